The Kier molecular flexibility index (Phi) is 3.16. The van der Waals surface area contributed by atoms with Crippen LogP contribution >= 0.6 is 15.9 Å². The fourth-order valence-electron chi connectivity index (χ4n) is 1.16. The molecular formula is C10H13BrN2O. The number of rotatable bonds is 1. The highest BCUT2D eigenvalue weighted by Gasteiger charge is 2.13. The van der Waals surface area contributed by atoms with Gasteiger partial charge < -0.3 is 10.6 Å². The van der Waals surface area contributed by atoms with E-state index in [0.29, 0.717) is 11.3 Å². The molecule has 3 nitrogen and oxygen atoms in total. The lowest BCUT2D eigenvalue weighted by atomic mass is 10.1. The summed E-state index contributed by atoms with van der Waals surface area (Å²) in [7, 11) is 3.44. The van der Waals surface area contributed by atoms with Gasteiger partial charge in [0.25, 0.3) is 5.91 Å². The number of halogens is 1. The Morgan fingerprint density at radius 2 is 2.00 bits per heavy atom. The average Bonchev–Trinajstić information content (AvgIpc) is 2.09. The van der Waals surface area contributed by atoms with Gasteiger partial charge in [-0.15, -0.1) is 0 Å². The van der Waals surface area contributed by atoms with Crippen LogP contribution in [-0.2, 0) is 0 Å². The Morgan fingerprint density at radius 3 is 2.50 bits per heavy atom. The molecule has 0 unspecified atom stereocenters. The summed E-state index contributed by atoms with van der Waals surface area (Å²) in [6.45, 7) is 1.85. The molecule has 0 heterocycles. The lowest BCUT2D eigenvalue weighted by Gasteiger charge is -2.14. The van der Waals surface area contributed by atoms with E-state index in [1.807, 2.05) is 6.92 Å². The van der Waals surface area contributed by atoms with Gasteiger partial charge in [0.1, 0.15) is 0 Å². The van der Waals surface area contributed by atoms with Gasteiger partial charge >= 0.3 is 0 Å². The third-order valence-electron chi connectivity index (χ3n) is 2.05. The number of amides is 1. The molecule has 0 atom stereocenters. The van der Waals surface area contributed by atoms with Crippen LogP contribution < -0.4 is 5.73 Å². The first-order valence-corrected chi connectivity index (χ1v) is 5.00. The molecule has 0 saturated heterocycles. The molecule has 76 valence electrons. The normalized spacial score (nSPS) is 10.0. The van der Waals surface area contributed by atoms with Crippen molar-refractivity contribution in [2.24, 2.45) is 0 Å². The molecule has 0 aliphatic carbocycles. The van der Waals surface area contributed by atoms with Crippen molar-refractivity contribution < 1.29 is 4.79 Å². The van der Waals surface area contributed by atoms with E-state index in [2.05, 4.69) is 15.9 Å². The molecule has 0 radical (unpaired) electrons. The largest absolute Gasteiger partial charge is 0.398 e. The highest BCUT2D eigenvalue weighted by molar-refractivity contribution is 9.10. The number of nitrogen functional groups attached to an aromatic ring is 1. The predicted molar refractivity (Wildman–Crippen MR) is 61.3 cm³/mol. The molecule has 1 rings (SSSR count). The first-order valence-electron chi connectivity index (χ1n) is 4.20. The summed E-state index contributed by atoms with van der Waals surface area (Å²) >= 11 is 3.31. The molecule has 0 fully saturated rings. The van der Waals surface area contributed by atoms with Gasteiger partial charge in [-0.05, 0) is 24.6 Å². The summed E-state index contributed by atoms with van der Waals surface area (Å²) in [6.07, 6.45) is 0. The fourth-order valence-corrected chi connectivity index (χ4v) is 1.64. The van der Waals surface area contributed by atoms with E-state index < -0.39 is 0 Å². The monoisotopic (exact) mass is 256 g/mol. The van der Waals surface area contributed by atoms with Gasteiger partial charge in [-0.25, -0.2) is 0 Å². The third-order valence-corrected chi connectivity index (χ3v) is 2.51. The molecule has 1 aromatic carbocycles. The molecule has 1 amide bonds. The number of carbonyl (C=O) groups is 1. The molecule has 0 aliphatic heterocycles. The zero-order chi connectivity index (χ0) is 10.9. The maximum atomic E-state index is 11.7. The van der Waals surface area contributed by atoms with Gasteiger partial charge in [0.2, 0.25) is 0 Å². The van der Waals surface area contributed by atoms with Gasteiger partial charge in [-0.3, -0.25) is 4.79 Å². The maximum Gasteiger partial charge on any atom is 0.253 e. The molecule has 0 aliphatic rings. The Balaban J connectivity index is 3.27. The van der Waals surface area contributed by atoms with Crippen molar-refractivity contribution in [3.63, 3.8) is 0 Å². The Hall–Kier alpha value is -1.03. The van der Waals surface area contributed by atoms with Crippen LogP contribution in [0.25, 0.3) is 0 Å². The highest BCUT2D eigenvalue weighted by Crippen LogP contribution is 2.23. The smallest absolute Gasteiger partial charge is 0.253 e. The van der Waals surface area contributed by atoms with Crippen molar-refractivity contribution >= 4 is 27.5 Å². The van der Waals surface area contributed by atoms with Crippen LogP contribution in [0.2, 0.25) is 0 Å². The summed E-state index contributed by atoms with van der Waals surface area (Å²) in [5.74, 6) is -0.0319. The Labute approximate surface area is 92.0 Å². The van der Waals surface area contributed by atoms with Crippen molar-refractivity contribution in [1.29, 1.82) is 0 Å². The first-order chi connectivity index (χ1) is 6.43. The fraction of sp³-hybridized carbons (Fsp3) is 0.300. The minimum Gasteiger partial charge on any atom is -0.398 e. The van der Waals surface area contributed by atoms with Gasteiger partial charge in [-0.2, -0.15) is 0 Å². The second-order valence-corrected chi connectivity index (χ2v) is 4.28. The number of anilines is 1. The van der Waals surface area contributed by atoms with E-state index in [4.69, 9.17) is 5.73 Å². The topological polar surface area (TPSA) is 46.3 Å². The van der Waals surface area contributed by atoms with Crippen LogP contribution in [-0.4, -0.2) is 24.9 Å². The molecule has 0 saturated carbocycles. The van der Waals surface area contributed by atoms with Crippen LogP contribution in [0.3, 0.4) is 0 Å². The molecule has 14 heavy (non-hydrogen) atoms. The summed E-state index contributed by atoms with van der Waals surface area (Å²) in [4.78, 5) is 13.3. The summed E-state index contributed by atoms with van der Waals surface area (Å²) in [5.41, 5.74) is 7.85. The number of carbonyl (C=O) groups excluding carboxylic acids is 1. The Bertz CT molecular complexity index is 375. The van der Waals surface area contributed by atoms with Crippen LogP contribution in [0, 0.1) is 6.92 Å². The average molecular weight is 257 g/mol. The van der Waals surface area contributed by atoms with Crippen molar-refractivity contribution in [3.8, 4) is 0 Å². The van der Waals surface area contributed by atoms with Crippen molar-refractivity contribution in [1.82, 2.24) is 4.90 Å². The van der Waals surface area contributed by atoms with Gasteiger partial charge in [0.05, 0.1) is 0 Å². The van der Waals surface area contributed by atoms with Crippen molar-refractivity contribution in [2.45, 2.75) is 6.92 Å². The SMILES string of the molecule is Cc1c(N)cc(Br)cc1C(=O)N(C)C. The van der Waals surface area contributed by atoms with E-state index in [9.17, 15) is 4.79 Å². The van der Waals surface area contributed by atoms with Crippen molar-refractivity contribution in [3.05, 3.63) is 27.7 Å². The zero-order valence-corrected chi connectivity index (χ0v) is 10.1. The number of benzene rings is 1. The predicted octanol–water partition coefficient (Wildman–Crippen LogP) is 2.04. The number of nitrogens with zero attached hydrogens (tertiary/aromatic N) is 1. The van der Waals surface area contributed by atoms with Gasteiger partial charge in [0.15, 0.2) is 0 Å². The molecule has 0 spiro atoms. The van der Waals surface area contributed by atoms with Crippen LogP contribution in [0.1, 0.15) is 15.9 Å². The van der Waals surface area contributed by atoms with E-state index in [1.54, 1.807) is 26.2 Å². The molecule has 0 aromatic heterocycles. The molecular weight excluding hydrogens is 244 g/mol. The molecule has 2 N–H and O–H groups in total. The standard InChI is InChI=1S/C10H13BrN2O/c1-6-8(10(14)13(2)3)4-7(11)5-9(6)12/h4-5H,12H2,1-3H3. The van der Waals surface area contributed by atoms with E-state index >= 15 is 0 Å². The van der Waals surface area contributed by atoms with Crippen molar-refractivity contribution in [2.75, 3.05) is 19.8 Å². The van der Waals surface area contributed by atoms with E-state index in [1.165, 1.54) is 4.90 Å². The quantitative estimate of drug-likeness (QED) is 0.782. The minimum atomic E-state index is -0.0319. The summed E-state index contributed by atoms with van der Waals surface area (Å²) in [6, 6.07) is 3.58. The minimum absolute atomic E-state index is 0.0319. The number of hydrogen-bond acceptors (Lipinski definition) is 2. The second kappa shape index (κ2) is 4.00. The van der Waals surface area contributed by atoms with Gasteiger partial charge in [-0.1, -0.05) is 15.9 Å². The van der Waals surface area contributed by atoms with Gasteiger partial charge in [0, 0.05) is 29.8 Å². The zero-order valence-electron chi connectivity index (χ0n) is 8.47. The molecule has 1 aromatic rings. The lowest BCUT2D eigenvalue weighted by Crippen LogP contribution is -2.22. The van der Waals surface area contributed by atoms with Crippen LogP contribution in [0.4, 0.5) is 5.69 Å². The molecule has 0 bridgehead atoms. The number of nitrogens with two attached hydrogens (primary N) is 1. The highest BCUT2D eigenvalue weighted by atomic mass is 79.9. The van der Waals surface area contributed by atoms with E-state index in [0.717, 1.165) is 10.0 Å². The second-order valence-electron chi connectivity index (χ2n) is 3.37. The third kappa shape index (κ3) is 2.07. The summed E-state index contributed by atoms with van der Waals surface area (Å²) < 4.78 is 0.825. The lowest BCUT2D eigenvalue weighted by molar-refractivity contribution is 0.0827. The van der Waals surface area contributed by atoms with Crippen LogP contribution in [0.15, 0.2) is 16.6 Å². The summed E-state index contributed by atoms with van der Waals surface area (Å²) in [5, 5.41) is 0. The van der Waals surface area contributed by atoms with Crippen LogP contribution in [0.5, 0.6) is 0 Å². The molecule has 4 heteroatoms. The number of hydrogen-bond donors (Lipinski definition) is 1. The first kappa shape index (κ1) is 11.0. The van der Waals surface area contributed by atoms with E-state index in [-0.39, 0.29) is 5.91 Å². The Morgan fingerprint density at radius 1 is 1.43 bits per heavy atom. The maximum absolute atomic E-state index is 11.7.